The maximum absolute atomic E-state index is 12.8. The highest BCUT2D eigenvalue weighted by atomic mass is 32.2. The van der Waals surface area contributed by atoms with Crippen LogP contribution < -0.4 is 9.62 Å². The van der Waals surface area contributed by atoms with Crippen molar-refractivity contribution in [2.75, 3.05) is 17.4 Å². The second-order valence-corrected chi connectivity index (χ2v) is 7.13. The fourth-order valence-corrected chi connectivity index (χ4v) is 4.02. The van der Waals surface area contributed by atoms with Gasteiger partial charge in [-0.05, 0) is 12.1 Å². The number of hydrogen-bond acceptors (Lipinski definition) is 6. The van der Waals surface area contributed by atoms with Crippen LogP contribution in [0.25, 0.3) is 0 Å². The summed E-state index contributed by atoms with van der Waals surface area (Å²) < 4.78 is 26.5. The second-order valence-electron chi connectivity index (χ2n) is 4.40. The molecular weight excluding hydrogens is 336 g/mol. The average Bonchev–Trinajstić information content (AvgIpc) is 3.07. The molecule has 0 saturated carbocycles. The molecular formula is C14H14N4O3S2. The smallest absolute Gasteiger partial charge is 0.266 e. The van der Waals surface area contributed by atoms with Crippen LogP contribution in [0.2, 0.25) is 0 Å². The maximum atomic E-state index is 12.8. The third-order valence-electron chi connectivity index (χ3n) is 2.81. The first-order chi connectivity index (χ1) is 11.1. The van der Waals surface area contributed by atoms with Crippen molar-refractivity contribution in [2.45, 2.75) is 11.3 Å². The molecule has 0 radical (unpaired) electrons. The molecule has 1 aromatic carbocycles. The molecule has 1 N–H and O–H groups in total. The molecule has 0 aliphatic rings. The molecule has 7 nitrogen and oxygen atoms in total. The third-order valence-corrected chi connectivity index (χ3v) is 5.47. The fraction of sp³-hybridized carbons (Fsp3) is 0.214. The van der Waals surface area contributed by atoms with Crippen LogP contribution in [-0.4, -0.2) is 32.4 Å². The van der Waals surface area contributed by atoms with Crippen molar-refractivity contribution in [1.29, 1.82) is 5.26 Å². The van der Waals surface area contributed by atoms with E-state index in [4.69, 9.17) is 5.26 Å². The molecule has 1 aromatic heterocycles. The number of nitriles is 1. The Morgan fingerprint density at radius 3 is 2.70 bits per heavy atom. The number of thiazole rings is 1. The molecule has 0 atom stereocenters. The molecule has 0 aliphatic heterocycles. The minimum Gasteiger partial charge on any atom is -0.353 e. The highest BCUT2D eigenvalue weighted by molar-refractivity contribution is 7.93. The predicted octanol–water partition coefficient (Wildman–Crippen LogP) is 1.37. The van der Waals surface area contributed by atoms with Crippen molar-refractivity contribution in [2.24, 2.45) is 0 Å². The van der Waals surface area contributed by atoms with E-state index in [2.05, 4.69) is 10.3 Å². The zero-order valence-electron chi connectivity index (χ0n) is 12.0. The summed E-state index contributed by atoms with van der Waals surface area (Å²) >= 11 is 1.13. The van der Waals surface area contributed by atoms with Gasteiger partial charge in [-0.25, -0.2) is 17.7 Å². The predicted molar refractivity (Wildman–Crippen MR) is 86.3 cm³/mol. The van der Waals surface area contributed by atoms with Crippen LogP contribution in [0.15, 0.2) is 46.8 Å². The SMILES string of the molecule is N#CCCNC(=O)CN(c1nccs1)S(=O)(=O)c1ccccc1. The fourth-order valence-electron chi connectivity index (χ4n) is 1.76. The largest absolute Gasteiger partial charge is 0.353 e. The summed E-state index contributed by atoms with van der Waals surface area (Å²) in [6.45, 7) is -0.220. The summed E-state index contributed by atoms with van der Waals surface area (Å²) in [6.07, 6.45) is 1.63. The summed E-state index contributed by atoms with van der Waals surface area (Å²) in [7, 11) is -3.89. The monoisotopic (exact) mass is 350 g/mol. The minimum atomic E-state index is -3.89. The van der Waals surface area contributed by atoms with Gasteiger partial charge < -0.3 is 5.32 Å². The van der Waals surface area contributed by atoms with Gasteiger partial charge in [-0.3, -0.25) is 4.79 Å². The molecule has 120 valence electrons. The quantitative estimate of drug-likeness (QED) is 0.760. The van der Waals surface area contributed by atoms with E-state index < -0.39 is 22.5 Å². The number of aromatic nitrogens is 1. The van der Waals surface area contributed by atoms with Gasteiger partial charge in [-0.2, -0.15) is 5.26 Å². The summed E-state index contributed by atoms with van der Waals surface area (Å²) in [6, 6.07) is 9.76. The van der Waals surface area contributed by atoms with E-state index in [0.717, 1.165) is 15.6 Å². The van der Waals surface area contributed by atoms with Crippen LogP contribution in [0.4, 0.5) is 5.13 Å². The maximum Gasteiger partial charge on any atom is 0.266 e. The Morgan fingerprint density at radius 2 is 2.09 bits per heavy atom. The Bertz CT molecular complexity index is 783. The van der Waals surface area contributed by atoms with Crippen molar-refractivity contribution >= 4 is 32.4 Å². The normalized spacial score (nSPS) is 10.7. The van der Waals surface area contributed by atoms with Gasteiger partial charge >= 0.3 is 0 Å². The highest BCUT2D eigenvalue weighted by Gasteiger charge is 2.28. The molecule has 9 heteroatoms. The first-order valence-corrected chi connectivity index (χ1v) is 8.98. The van der Waals surface area contributed by atoms with Crippen LogP contribution in [-0.2, 0) is 14.8 Å². The lowest BCUT2D eigenvalue weighted by Crippen LogP contribution is -2.41. The van der Waals surface area contributed by atoms with Crippen LogP contribution in [0.1, 0.15) is 6.42 Å². The van der Waals surface area contributed by atoms with Crippen molar-refractivity contribution in [3.63, 3.8) is 0 Å². The van der Waals surface area contributed by atoms with Gasteiger partial charge in [0.25, 0.3) is 10.0 Å². The molecule has 0 saturated heterocycles. The molecule has 2 rings (SSSR count). The number of rotatable bonds is 7. The molecule has 0 fully saturated rings. The van der Waals surface area contributed by atoms with Crippen LogP contribution in [0.3, 0.4) is 0 Å². The van der Waals surface area contributed by atoms with Gasteiger partial charge in [0, 0.05) is 18.1 Å². The number of carbonyl (C=O) groups is 1. The first kappa shape index (κ1) is 16.9. The van der Waals surface area contributed by atoms with E-state index in [1.165, 1.54) is 18.3 Å². The number of amides is 1. The average molecular weight is 350 g/mol. The van der Waals surface area contributed by atoms with Gasteiger partial charge in [0.15, 0.2) is 5.13 Å². The molecule has 0 unspecified atom stereocenters. The van der Waals surface area contributed by atoms with Crippen molar-refractivity contribution < 1.29 is 13.2 Å². The molecule has 1 heterocycles. The van der Waals surface area contributed by atoms with E-state index >= 15 is 0 Å². The first-order valence-electron chi connectivity index (χ1n) is 6.66. The van der Waals surface area contributed by atoms with Gasteiger partial charge in [-0.15, -0.1) is 11.3 Å². The number of nitrogens with one attached hydrogen (secondary N) is 1. The lowest BCUT2D eigenvalue weighted by Gasteiger charge is -2.21. The Hall–Kier alpha value is -2.44. The number of nitrogens with zero attached hydrogens (tertiary/aromatic N) is 3. The number of anilines is 1. The summed E-state index contributed by atoms with van der Waals surface area (Å²) in [5.74, 6) is -0.491. The summed E-state index contributed by atoms with van der Waals surface area (Å²) in [5, 5.41) is 12.8. The van der Waals surface area contributed by atoms with E-state index in [1.807, 2.05) is 6.07 Å². The zero-order valence-corrected chi connectivity index (χ0v) is 13.7. The van der Waals surface area contributed by atoms with Gasteiger partial charge in [0.2, 0.25) is 5.91 Å². The Morgan fingerprint density at radius 1 is 1.35 bits per heavy atom. The summed E-state index contributed by atoms with van der Waals surface area (Å²) in [4.78, 5) is 16.0. The molecule has 0 aliphatic carbocycles. The van der Waals surface area contributed by atoms with Crippen LogP contribution in [0, 0.1) is 11.3 Å². The molecule has 0 spiro atoms. The van der Waals surface area contributed by atoms with E-state index in [1.54, 1.807) is 23.6 Å². The number of carbonyl (C=O) groups excluding carboxylic acids is 1. The second kappa shape index (κ2) is 7.71. The van der Waals surface area contributed by atoms with Crippen LogP contribution in [0.5, 0.6) is 0 Å². The van der Waals surface area contributed by atoms with Gasteiger partial charge in [-0.1, -0.05) is 18.2 Å². The number of benzene rings is 1. The van der Waals surface area contributed by atoms with E-state index in [-0.39, 0.29) is 23.0 Å². The van der Waals surface area contributed by atoms with Crippen LogP contribution >= 0.6 is 11.3 Å². The topological polar surface area (TPSA) is 103 Å². The summed E-state index contributed by atoms with van der Waals surface area (Å²) in [5.41, 5.74) is 0. The molecule has 2 aromatic rings. The molecule has 23 heavy (non-hydrogen) atoms. The molecule has 0 bridgehead atoms. The Balaban J connectivity index is 2.26. The number of sulfonamides is 1. The third kappa shape index (κ3) is 4.28. The molecule has 1 amide bonds. The van der Waals surface area contributed by atoms with Gasteiger partial charge in [0.05, 0.1) is 17.4 Å². The lowest BCUT2D eigenvalue weighted by atomic mass is 10.4. The van der Waals surface area contributed by atoms with Gasteiger partial charge in [0.1, 0.15) is 6.54 Å². The van der Waals surface area contributed by atoms with Crippen molar-refractivity contribution in [3.8, 4) is 6.07 Å². The number of hydrogen-bond donors (Lipinski definition) is 1. The van der Waals surface area contributed by atoms with Crippen molar-refractivity contribution in [3.05, 3.63) is 41.9 Å². The van der Waals surface area contributed by atoms with Crippen molar-refractivity contribution in [1.82, 2.24) is 10.3 Å². The Labute approximate surface area is 138 Å². The highest BCUT2D eigenvalue weighted by Crippen LogP contribution is 2.25. The standard InChI is InChI=1S/C14H14N4O3S2/c15-7-4-8-16-13(19)11-18(14-17-9-10-22-14)23(20,21)12-5-2-1-3-6-12/h1-3,5-6,9-10H,4,8,11H2,(H,16,19). The Kier molecular flexibility index (Phi) is 5.67. The zero-order chi connectivity index (χ0) is 16.7. The van der Waals surface area contributed by atoms with E-state index in [9.17, 15) is 13.2 Å². The lowest BCUT2D eigenvalue weighted by molar-refractivity contribution is -0.119. The van der Waals surface area contributed by atoms with E-state index in [0.29, 0.717) is 0 Å². The minimum absolute atomic E-state index is 0.0834.